The van der Waals surface area contributed by atoms with Crippen molar-refractivity contribution >= 4 is 22.8 Å². The number of esters is 1. The molecule has 154 valence electrons. The molecule has 8 heteroatoms. The number of rotatable bonds is 4. The Hall–Kier alpha value is -3.68. The lowest BCUT2D eigenvalue weighted by atomic mass is 10.1. The molecule has 2 atom stereocenters. The van der Waals surface area contributed by atoms with Crippen LogP contribution in [0.2, 0.25) is 0 Å². The van der Waals surface area contributed by atoms with Gasteiger partial charge in [0.25, 0.3) is 5.91 Å². The number of nitrogens with zero attached hydrogens (tertiary/aromatic N) is 1. The van der Waals surface area contributed by atoms with E-state index in [1.54, 1.807) is 30.3 Å². The van der Waals surface area contributed by atoms with Crippen molar-refractivity contribution in [3.8, 4) is 5.75 Å². The van der Waals surface area contributed by atoms with Gasteiger partial charge in [-0.3, -0.25) is 4.79 Å². The van der Waals surface area contributed by atoms with E-state index in [1.165, 1.54) is 36.3 Å². The maximum atomic E-state index is 13.9. The zero-order valence-corrected chi connectivity index (χ0v) is 16.0. The molecule has 4 rings (SSSR count). The van der Waals surface area contributed by atoms with Crippen molar-refractivity contribution in [1.82, 2.24) is 4.90 Å². The average Bonchev–Trinajstić information content (AvgIpc) is 3.17. The van der Waals surface area contributed by atoms with Gasteiger partial charge in [0.1, 0.15) is 23.3 Å². The third-order valence-corrected chi connectivity index (χ3v) is 5.00. The number of benzene rings is 2. The summed E-state index contributed by atoms with van der Waals surface area (Å²) in [5.74, 6) is -1.85. The number of methoxy groups -OCH3 is 1. The molecule has 3 aromatic rings. The van der Waals surface area contributed by atoms with E-state index in [1.807, 2.05) is 0 Å². The highest BCUT2D eigenvalue weighted by Gasteiger charge is 2.42. The predicted molar refractivity (Wildman–Crippen MR) is 105 cm³/mol. The predicted octanol–water partition coefficient (Wildman–Crippen LogP) is 2.77. The van der Waals surface area contributed by atoms with Gasteiger partial charge in [0.2, 0.25) is 0 Å². The van der Waals surface area contributed by atoms with Gasteiger partial charge < -0.3 is 18.8 Å². The van der Waals surface area contributed by atoms with Crippen molar-refractivity contribution < 1.29 is 27.9 Å². The molecule has 2 unspecified atom stereocenters. The van der Waals surface area contributed by atoms with Crippen LogP contribution in [0.1, 0.15) is 16.8 Å². The molecule has 30 heavy (non-hydrogen) atoms. The highest BCUT2D eigenvalue weighted by molar-refractivity contribution is 5.99. The van der Waals surface area contributed by atoms with Crippen molar-refractivity contribution in [2.45, 2.75) is 18.6 Å². The number of fused-ring (bicyclic) bond motifs is 1. The van der Waals surface area contributed by atoms with Gasteiger partial charge in [-0.05, 0) is 24.3 Å². The zero-order valence-electron chi connectivity index (χ0n) is 16.0. The Morgan fingerprint density at radius 2 is 1.87 bits per heavy atom. The molecule has 1 fully saturated rings. The van der Waals surface area contributed by atoms with Crippen molar-refractivity contribution in [3.05, 3.63) is 76.4 Å². The summed E-state index contributed by atoms with van der Waals surface area (Å²) >= 11 is 0. The van der Waals surface area contributed by atoms with Crippen LogP contribution in [0.4, 0.5) is 4.39 Å². The van der Waals surface area contributed by atoms with Gasteiger partial charge in [-0.25, -0.2) is 14.0 Å². The molecule has 0 radical (unpaired) electrons. The highest BCUT2D eigenvalue weighted by Crippen LogP contribution is 2.27. The number of hydrogen-bond donors (Lipinski definition) is 0. The first-order valence-electron chi connectivity index (χ1n) is 9.31. The third kappa shape index (κ3) is 3.63. The number of likely N-dealkylation sites (tertiary alicyclic amines) is 1. The van der Waals surface area contributed by atoms with E-state index < -0.39 is 35.5 Å². The second-order valence-electron chi connectivity index (χ2n) is 6.89. The standard InChI is InChI=1S/C22H18FNO6/c1-28-22(27)17-11-14(29-19-9-5-3-7-16(19)23)12-24(17)20(25)15-10-13-6-2-4-8-18(13)30-21(15)26/h2-10,14,17H,11-12H2,1H3. The fourth-order valence-electron chi connectivity index (χ4n) is 3.55. The van der Waals surface area contributed by atoms with E-state index >= 15 is 0 Å². The van der Waals surface area contributed by atoms with Crippen molar-refractivity contribution in [2.75, 3.05) is 13.7 Å². The van der Waals surface area contributed by atoms with E-state index in [0.29, 0.717) is 11.0 Å². The Balaban J connectivity index is 1.64. The summed E-state index contributed by atoms with van der Waals surface area (Å²) in [5, 5.41) is 0.577. The van der Waals surface area contributed by atoms with Crippen LogP contribution in [0, 0.1) is 5.82 Å². The van der Waals surface area contributed by atoms with Gasteiger partial charge in [-0.2, -0.15) is 0 Å². The first-order chi connectivity index (χ1) is 14.5. The van der Waals surface area contributed by atoms with Crippen LogP contribution in [0.5, 0.6) is 5.75 Å². The molecule has 1 saturated heterocycles. The molecule has 0 N–H and O–H groups in total. The minimum Gasteiger partial charge on any atom is -0.485 e. The summed E-state index contributed by atoms with van der Waals surface area (Å²) in [5.41, 5.74) is -0.652. The van der Waals surface area contributed by atoms with Crippen LogP contribution < -0.4 is 10.4 Å². The molecule has 7 nitrogen and oxygen atoms in total. The molecule has 1 aliphatic heterocycles. The summed E-state index contributed by atoms with van der Waals surface area (Å²) < 4.78 is 29.6. The number of carbonyl (C=O) groups excluding carboxylic acids is 2. The fraction of sp³-hybridized carbons (Fsp3) is 0.227. The van der Waals surface area contributed by atoms with E-state index in [-0.39, 0.29) is 24.3 Å². The number of amides is 1. The zero-order chi connectivity index (χ0) is 21.3. The first kappa shape index (κ1) is 19.6. The SMILES string of the molecule is COC(=O)C1CC(Oc2ccccc2F)CN1C(=O)c1cc2ccccc2oc1=O. The second-order valence-corrected chi connectivity index (χ2v) is 6.89. The molecule has 0 aliphatic carbocycles. The summed E-state index contributed by atoms with van der Waals surface area (Å²) in [6.07, 6.45) is -0.548. The molecule has 1 aliphatic rings. The fourth-order valence-corrected chi connectivity index (χ4v) is 3.55. The van der Waals surface area contributed by atoms with Gasteiger partial charge in [0.15, 0.2) is 11.6 Å². The largest absolute Gasteiger partial charge is 0.485 e. The molecule has 0 spiro atoms. The quantitative estimate of drug-likeness (QED) is 0.485. The Morgan fingerprint density at radius 3 is 2.63 bits per heavy atom. The summed E-state index contributed by atoms with van der Waals surface area (Å²) in [6, 6.07) is 13.1. The van der Waals surface area contributed by atoms with Gasteiger partial charge in [0, 0.05) is 11.8 Å². The molecular weight excluding hydrogens is 393 g/mol. The van der Waals surface area contributed by atoms with E-state index in [4.69, 9.17) is 13.9 Å². The average molecular weight is 411 g/mol. The highest BCUT2D eigenvalue weighted by atomic mass is 19.1. The van der Waals surface area contributed by atoms with Crippen molar-refractivity contribution in [2.24, 2.45) is 0 Å². The van der Waals surface area contributed by atoms with Crippen LogP contribution >= 0.6 is 0 Å². The third-order valence-electron chi connectivity index (χ3n) is 5.00. The molecule has 1 aromatic heterocycles. The summed E-state index contributed by atoms with van der Waals surface area (Å²) in [7, 11) is 1.21. The summed E-state index contributed by atoms with van der Waals surface area (Å²) in [4.78, 5) is 39.0. The normalized spacial score (nSPS) is 18.4. The molecular formula is C22H18FNO6. The minimum absolute atomic E-state index is 0.0147. The number of carbonyl (C=O) groups is 2. The second kappa shape index (κ2) is 7.98. The lowest BCUT2D eigenvalue weighted by Crippen LogP contribution is -2.42. The van der Waals surface area contributed by atoms with E-state index in [9.17, 15) is 18.8 Å². The van der Waals surface area contributed by atoms with Crippen molar-refractivity contribution in [1.29, 1.82) is 0 Å². The van der Waals surface area contributed by atoms with Crippen molar-refractivity contribution in [3.63, 3.8) is 0 Å². The van der Waals surface area contributed by atoms with E-state index in [2.05, 4.69) is 0 Å². The summed E-state index contributed by atoms with van der Waals surface area (Å²) in [6.45, 7) is -0.0147. The van der Waals surface area contributed by atoms with Crippen LogP contribution in [0.15, 0.2) is 63.8 Å². The Kier molecular flexibility index (Phi) is 5.22. The lowest BCUT2D eigenvalue weighted by molar-refractivity contribution is -0.145. The molecule has 2 aromatic carbocycles. The topological polar surface area (TPSA) is 86.1 Å². The van der Waals surface area contributed by atoms with Crippen LogP contribution in [-0.4, -0.2) is 42.6 Å². The molecule has 2 heterocycles. The van der Waals surface area contributed by atoms with Crippen LogP contribution in [0.3, 0.4) is 0 Å². The monoisotopic (exact) mass is 411 g/mol. The minimum atomic E-state index is -0.967. The Bertz CT molecular complexity index is 1170. The van der Waals surface area contributed by atoms with Crippen LogP contribution in [0.25, 0.3) is 11.0 Å². The number of hydrogen-bond acceptors (Lipinski definition) is 6. The van der Waals surface area contributed by atoms with Gasteiger partial charge >= 0.3 is 11.6 Å². The maximum absolute atomic E-state index is 13.9. The smallest absolute Gasteiger partial charge is 0.349 e. The lowest BCUT2D eigenvalue weighted by Gasteiger charge is -2.21. The Morgan fingerprint density at radius 1 is 1.13 bits per heavy atom. The Labute approximate surface area is 170 Å². The maximum Gasteiger partial charge on any atom is 0.349 e. The molecule has 1 amide bonds. The number of halogens is 1. The number of ether oxygens (including phenoxy) is 2. The van der Waals surface area contributed by atoms with Crippen LogP contribution in [-0.2, 0) is 9.53 Å². The van der Waals surface area contributed by atoms with Gasteiger partial charge in [-0.15, -0.1) is 0 Å². The van der Waals surface area contributed by atoms with Gasteiger partial charge in [0.05, 0.1) is 13.7 Å². The van der Waals surface area contributed by atoms with Gasteiger partial charge in [-0.1, -0.05) is 30.3 Å². The molecule has 0 bridgehead atoms. The number of para-hydroxylation sites is 2. The first-order valence-corrected chi connectivity index (χ1v) is 9.31. The molecule has 0 saturated carbocycles. The van der Waals surface area contributed by atoms with E-state index in [0.717, 1.165) is 0 Å².